The van der Waals surface area contributed by atoms with Crippen molar-refractivity contribution in [2.24, 2.45) is 5.84 Å². The van der Waals surface area contributed by atoms with Crippen LogP contribution in [-0.4, -0.2) is 10.8 Å². The van der Waals surface area contributed by atoms with Crippen molar-refractivity contribution in [3.05, 3.63) is 57.5 Å². The molecule has 2 rings (SSSR count). The SMILES string of the molecule is Cc1ccc([N+](=O)[O-])cc1OCc1ccoc1C(=O)NN. The molecule has 0 aliphatic carbocycles. The van der Waals surface area contributed by atoms with Gasteiger partial charge in [0.1, 0.15) is 12.4 Å². The molecule has 0 unspecified atom stereocenters. The minimum Gasteiger partial charge on any atom is -0.488 e. The van der Waals surface area contributed by atoms with E-state index < -0.39 is 10.8 Å². The predicted molar refractivity (Wildman–Crippen MR) is 72.5 cm³/mol. The number of nitrogen functional groups attached to an aromatic ring is 1. The zero-order chi connectivity index (χ0) is 15.4. The van der Waals surface area contributed by atoms with Gasteiger partial charge in [-0.1, -0.05) is 0 Å². The smallest absolute Gasteiger partial charge is 0.301 e. The minimum absolute atomic E-state index is 0.0290. The maximum Gasteiger partial charge on any atom is 0.301 e. The molecule has 0 bridgehead atoms. The number of furan rings is 1. The molecular formula is C13H13N3O5. The number of nitro benzene ring substituents is 1. The number of aryl methyl sites for hydroxylation is 1. The summed E-state index contributed by atoms with van der Waals surface area (Å²) in [7, 11) is 0. The van der Waals surface area contributed by atoms with Crippen molar-refractivity contribution >= 4 is 11.6 Å². The quantitative estimate of drug-likeness (QED) is 0.374. The highest BCUT2D eigenvalue weighted by atomic mass is 16.6. The van der Waals surface area contributed by atoms with Crippen molar-refractivity contribution in [2.75, 3.05) is 0 Å². The van der Waals surface area contributed by atoms with Crippen LogP contribution in [0.5, 0.6) is 5.75 Å². The lowest BCUT2D eigenvalue weighted by Crippen LogP contribution is -2.30. The summed E-state index contributed by atoms with van der Waals surface area (Å²) in [4.78, 5) is 21.7. The average molecular weight is 291 g/mol. The van der Waals surface area contributed by atoms with Crippen LogP contribution in [0, 0.1) is 17.0 Å². The van der Waals surface area contributed by atoms with Crippen molar-refractivity contribution < 1.29 is 18.9 Å². The largest absolute Gasteiger partial charge is 0.488 e. The Morgan fingerprint density at radius 1 is 1.48 bits per heavy atom. The number of non-ortho nitro benzene ring substituents is 1. The molecule has 0 radical (unpaired) electrons. The van der Waals surface area contributed by atoms with Gasteiger partial charge in [-0.15, -0.1) is 0 Å². The highest BCUT2D eigenvalue weighted by Gasteiger charge is 2.16. The fourth-order valence-electron chi connectivity index (χ4n) is 1.73. The van der Waals surface area contributed by atoms with Crippen LogP contribution in [0.15, 0.2) is 34.9 Å². The van der Waals surface area contributed by atoms with E-state index in [4.69, 9.17) is 15.0 Å². The zero-order valence-electron chi connectivity index (χ0n) is 11.2. The van der Waals surface area contributed by atoms with E-state index in [2.05, 4.69) is 0 Å². The lowest BCUT2D eigenvalue weighted by Gasteiger charge is -2.08. The Labute approximate surface area is 119 Å². The molecule has 0 saturated heterocycles. The Balaban J connectivity index is 2.17. The first-order valence-electron chi connectivity index (χ1n) is 5.98. The highest BCUT2D eigenvalue weighted by Crippen LogP contribution is 2.25. The van der Waals surface area contributed by atoms with E-state index in [1.54, 1.807) is 19.1 Å². The number of nitrogens with one attached hydrogen (secondary N) is 1. The van der Waals surface area contributed by atoms with Gasteiger partial charge < -0.3 is 9.15 Å². The van der Waals surface area contributed by atoms with Gasteiger partial charge >= 0.3 is 5.91 Å². The number of nitrogens with two attached hydrogens (primary N) is 1. The van der Waals surface area contributed by atoms with Gasteiger partial charge in [-0.05, 0) is 24.6 Å². The third kappa shape index (κ3) is 3.18. The van der Waals surface area contributed by atoms with Gasteiger partial charge in [0.2, 0.25) is 0 Å². The first-order chi connectivity index (χ1) is 10.0. The number of rotatable bonds is 5. The number of hydrogen-bond acceptors (Lipinski definition) is 6. The van der Waals surface area contributed by atoms with Crippen LogP contribution in [0.1, 0.15) is 21.7 Å². The number of carbonyl (C=O) groups excluding carboxylic acids is 1. The summed E-state index contributed by atoms with van der Waals surface area (Å²) in [5.41, 5.74) is 3.13. The molecule has 3 N–H and O–H groups in total. The van der Waals surface area contributed by atoms with E-state index >= 15 is 0 Å². The summed E-state index contributed by atoms with van der Waals surface area (Å²) >= 11 is 0. The summed E-state index contributed by atoms with van der Waals surface area (Å²) in [6.07, 6.45) is 1.34. The standard InChI is InChI=1S/C13H13N3O5/c1-8-2-3-10(16(18)19)6-11(8)21-7-9-4-5-20-12(9)13(17)15-14/h2-6H,7,14H2,1H3,(H,15,17). The fraction of sp³-hybridized carbons (Fsp3) is 0.154. The molecule has 1 aromatic carbocycles. The van der Waals surface area contributed by atoms with Crippen LogP contribution in [0.2, 0.25) is 0 Å². The maximum absolute atomic E-state index is 11.4. The molecule has 0 spiro atoms. The van der Waals surface area contributed by atoms with Crippen molar-refractivity contribution in [3.63, 3.8) is 0 Å². The van der Waals surface area contributed by atoms with E-state index in [1.807, 2.05) is 5.43 Å². The van der Waals surface area contributed by atoms with Gasteiger partial charge in [0.15, 0.2) is 5.76 Å². The van der Waals surface area contributed by atoms with Gasteiger partial charge in [-0.3, -0.25) is 20.3 Å². The third-order valence-electron chi connectivity index (χ3n) is 2.85. The van der Waals surface area contributed by atoms with Gasteiger partial charge in [-0.25, -0.2) is 5.84 Å². The Hall–Kier alpha value is -2.87. The zero-order valence-corrected chi connectivity index (χ0v) is 11.2. The highest BCUT2D eigenvalue weighted by molar-refractivity contribution is 5.92. The number of benzene rings is 1. The molecule has 8 nitrogen and oxygen atoms in total. The molecular weight excluding hydrogens is 278 g/mol. The van der Waals surface area contributed by atoms with Crippen LogP contribution >= 0.6 is 0 Å². The van der Waals surface area contributed by atoms with E-state index in [1.165, 1.54) is 18.4 Å². The van der Waals surface area contributed by atoms with E-state index in [-0.39, 0.29) is 18.1 Å². The van der Waals surface area contributed by atoms with Crippen molar-refractivity contribution in [1.29, 1.82) is 0 Å². The van der Waals surface area contributed by atoms with Crippen molar-refractivity contribution in [2.45, 2.75) is 13.5 Å². The van der Waals surface area contributed by atoms with Crippen LogP contribution in [0.3, 0.4) is 0 Å². The lowest BCUT2D eigenvalue weighted by molar-refractivity contribution is -0.385. The monoisotopic (exact) mass is 291 g/mol. The second kappa shape index (κ2) is 6.06. The molecule has 21 heavy (non-hydrogen) atoms. The fourth-order valence-corrected chi connectivity index (χ4v) is 1.73. The Bertz CT molecular complexity index is 680. The Morgan fingerprint density at radius 3 is 2.90 bits per heavy atom. The Kier molecular flexibility index (Phi) is 4.19. The molecule has 0 aliphatic heterocycles. The number of nitro groups is 1. The number of ether oxygens (including phenoxy) is 1. The van der Waals surface area contributed by atoms with Crippen LogP contribution < -0.4 is 16.0 Å². The number of nitrogens with zero attached hydrogens (tertiary/aromatic N) is 1. The minimum atomic E-state index is -0.575. The summed E-state index contributed by atoms with van der Waals surface area (Å²) in [6, 6.07) is 5.89. The summed E-state index contributed by atoms with van der Waals surface area (Å²) in [5.74, 6) is 4.87. The number of hydrazine groups is 1. The molecule has 0 fully saturated rings. The molecule has 0 saturated carbocycles. The molecule has 8 heteroatoms. The molecule has 0 atom stereocenters. The number of amides is 1. The van der Waals surface area contributed by atoms with E-state index in [9.17, 15) is 14.9 Å². The molecule has 1 heterocycles. The van der Waals surface area contributed by atoms with Crippen molar-refractivity contribution in [1.82, 2.24) is 5.43 Å². The molecule has 1 aromatic heterocycles. The summed E-state index contributed by atoms with van der Waals surface area (Å²) in [6.45, 7) is 1.79. The number of carbonyl (C=O) groups is 1. The summed E-state index contributed by atoms with van der Waals surface area (Å²) < 4.78 is 10.5. The first-order valence-corrected chi connectivity index (χ1v) is 5.98. The van der Waals surface area contributed by atoms with Crippen LogP contribution in [0.25, 0.3) is 0 Å². The normalized spacial score (nSPS) is 10.2. The average Bonchev–Trinajstić information content (AvgIpc) is 2.93. The Morgan fingerprint density at radius 2 is 2.24 bits per heavy atom. The van der Waals surface area contributed by atoms with E-state index in [0.717, 1.165) is 5.56 Å². The second-order valence-electron chi connectivity index (χ2n) is 4.24. The van der Waals surface area contributed by atoms with Crippen LogP contribution in [-0.2, 0) is 6.61 Å². The molecule has 110 valence electrons. The predicted octanol–water partition coefficient (Wildman–Crippen LogP) is 1.68. The van der Waals surface area contributed by atoms with Crippen molar-refractivity contribution in [3.8, 4) is 5.75 Å². The summed E-state index contributed by atoms with van der Waals surface area (Å²) in [5, 5.41) is 10.7. The van der Waals surface area contributed by atoms with Gasteiger partial charge in [0, 0.05) is 11.6 Å². The second-order valence-corrected chi connectivity index (χ2v) is 4.24. The van der Waals surface area contributed by atoms with Gasteiger partial charge in [-0.2, -0.15) is 0 Å². The third-order valence-corrected chi connectivity index (χ3v) is 2.85. The maximum atomic E-state index is 11.4. The van der Waals surface area contributed by atoms with Gasteiger partial charge in [0.05, 0.1) is 17.3 Å². The van der Waals surface area contributed by atoms with E-state index in [0.29, 0.717) is 11.3 Å². The first kappa shape index (κ1) is 14.5. The molecule has 1 amide bonds. The topological polar surface area (TPSA) is 121 Å². The van der Waals surface area contributed by atoms with Gasteiger partial charge in [0.25, 0.3) is 5.69 Å². The number of hydrogen-bond donors (Lipinski definition) is 2. The molecule has 2 aromatic rings. The lowest BCUT2D eigenvalue weighted by atomic mass is 10.2. The van der Waals surface area contributed by atoms with Crippen LogP contribution in [0.4, 0.5) is 5.69 Å². The molecule has 0 aliphatic rings.